The van der Waals surface area contributed by atoms with Gasteiger partial charge in [0, 0.05) is 27.2 Å². The molecule has 0 spiro atoms. The second kappa shape index (κ2) is 9.53. The van der Waals surface area contributed by atoms with Crippen molar-refractivity contribution >= 4 is 23.2 Å². The molecule has 6 nitrogen and oxygen atoms in total. The molecule has 1 atom stereocenters. The monoisotopic (exact) mass is 482 g/mol. The topological polar surface area (TPSA) is 97.7 Å². The summed E-state index contributed by atoms with van der Waals surface area (Å²) in [5, 5.41) is 20.7. The van der Waals surface area contributed by atoms with Crippen molar-refractivity contribution in [1.82, 2.24) is 0 Å². The Bertz CT molecular complexity index is 1280. The van der Waals surface area contributed by atoms with Crippen LogP contribution in [0.5, 0.6) is 23.0 Å². The Hall–Kier alpha value is -3.53. The number of nitriles is 1. The number of benzene rings is 3. The van der Waals surface area contributed by atoms with Gasteiger partial charge in [-0.25, -0.2) is 0 Å². The summed E-state index contributed by atoms with van der Waals surface area (Å²) in [5.41, 5.74) is 8.56. The molecular formula is C25H20Cl2N2O4. The summed E-state index contributed by atoms with van der Waals surface area (Å²) < 4.78 is 17.4. The van der Waals surface area contributed by atoms with Crippen molar-refractivity contribution in [3.8, 4) is 29.1 Å². The van der Waals surface area contributed by atoms with E-state index < -0.39 is 5.92 Å². The maximum Gasteiger partial charge on any atom is 0.205 e. The van der Waals surface area contributed by atoms with Crippen LogP contribution in [0.4, 0.5) is 0 Å². The van der Waals surface area contributed by atoms with E-state index in [1.807, 2.05) is 19.1 Å². The van der Waals surface area contributed by atoms with Crippen molar-refractivity contribution in [3.05, 3.63) is 92.8 Å². The van der Waals surface area contributed by atoms with E-state index in [1.54, 1.807) is 36.4 Å². The van der Waals surface area contributed by atoms with Crippen molar-refractivity contribution in [1.29, 1.82) is 5.26 Å². The molecule has 4 rings (SSSR count). The zero-order valence-electron chi connectivity index (χ0n) is 17.6. The first-order valence-corrected chi connectivity index (χ1v) is 10.9. The predicted molar refractivity (Wildman–Crippen MR) is 126 cm³/mol. The van der Waals surface area contributed by atoms with Crippen LogP contribution < -0.4 is 19.9 Å². The maximum absolute atomic E-state index is 9.84. The molecule has 0 amide bonds. The molecule has 3 N–H and O–H groups in total. The number of allylic oxidation sites excluding steroid dienone is 1. The van der Waals surface area contributed by atoms with Crippen LogP contribution in [-0.2, 0) is 6.61 Å². The minimum atomic E-state index is -0.488. The SMILES string of the molecule is CCOc1cc([C@@H]2C(C#N)=C(N)Oc3cc(O)ccc32)ccc1OCc1ccc(Cl)cc1Cl. The largest absolute Gasteiger partial charge is 0.508 e. The number of fused-ring (bicyclic) bond motifs is 1. The summed E-state index contributed by atoms with van der Waals surface area (Å²) >= 11 is 12.2. The van der Waals surface area contributed by atoms with Crippen LogP contribution in [0.25, 0.3) is 0 Å². The molecule has 1 aliphatic rings. The third kappa shape index (κ3) is 4.65. The zero-order valence-corrected chi connectivity index (χ0v) is 19.2. The highest BCUT2D eigenvalue weighted by molar-refractivity contribution is 6.35. The number of aromatic hydroxyl groups is 1. The number of hydrogen-bond donors (Lipinski definition) is 2. The smallest absolute Gasteiger partial charge is 0.205 e. The van der Waals surface area contributed by atoms with Crippen LogP contribution in [-0.4, -0.2) is 11.7 Å². The average Bonchev–Trinajstić information content (AvgIpc) is 2.78. The molecule has 0 fully saturated rings. The number of rotatable bonds is 6. The highest BCUT2D eigenvalue weighted by Gasteiger charge is 2.31. The third-order valence-electron chi connectivity index (χ3n) is 5.20. The van der Waals surface area contributed by atoms with Crippen molar-refractivity contribution in [2.45, 2.75) is 19.4 Å². The fourth-order valence-corrected chi connectivity index (χ4v) is 4.14. The molecule has 1 heterocycles. The number of hydrogen-bond acceptors (Lipinski definition) is 6. The van der Waals surface area contributed by atoms with Crippen molar-refractivity contribution in [2.75, 3.05) is 6.61 Å². The lowest BCUT2D eigenvalue weighted by molar-refractivity contribution is 0.269. The summed E-state index contributed by atoms with van der Waals surface area (Å²) in [6.45, 7) is 2.52. The molecule has 0 saturated carbocycles. The first kappa shape index (κ1) is 22.7. The minimum absolute atomic E-state index is 0.00346. The van der Waals surface area contributed by atoms with Crippen LogP contribution in [0.3, 0.4) is 0 Å². The Morgan fingerprint density at radius 2 is 1.88 bits per heavy atom. The molecule has 168 valence electrons. The van der Waals surface area contributed by atoms with Gasteiger partial charge in [0.15, 0.2) is 11.5 Å². The fourth-order valence-electron chi connectivity index (χ4n) is 3.67. The fraction of sp³-hybridized carbons (Fsp3) is 0.160. The Labute approximate surface area is 201 Å². The lowest BCUT2D eigenvalue weighted by atomic mass is 9.83. The van der Waals surface area contributed by atoms with E-state index in [-0.39, 0.29) is 23.8 Å². The van der Waals surface area contributed by atoms with Gasteiger partial charge in [0.25, 0.3) is 0 Å². The van der Waals surface area contributed by atoms with E-state index in [2.05, 4.69) is 6.07 Å². The molecule has 8 heteroatoms. The molecule has 0 radical (unpaired) electrons. The predicted octanol–water partition coefficient (Wildman–Crippen LogP) is 5.89. The zero-order chi connectivity index (χ0) is 23.5. The molecular weight excluding hydrogens is 463 g/mol. The van der Waals surface area contributed by atoms with E-state index in [9.17, 15) is 10.4 Å². The van der Waals surface area contributed by atoms with Gasteiger partial charge in [-0.3, -0.25) is 0 Å². The van der Waals surface area contributed by atoms with Gasteiger partial charge in [-0.15, -0.1) is 0 Å². The van der Waals surface area contributed by atoms with Crippen LogP contribution in [0.15, 0.2) is 66.1 Å². The van der Waals surface area contributed by atoms with E-state index in [1.165, 1.54) is 6.07 Å². The van der Waals surface area contributed by atoms with E-state index in [4.69, 9.17) is 43.1 Å². The number of phenols is 1. The van der Waals surface area contributed by atoms with Crippen LogP contribution in [0, 0.1) is 11.3 Å². The Morgan fingerprint density at radius 3 is 2.61 bits per heavy atom. The first-order valence-electron chi connectivity index (χ1n) is 10.1. The third-order valence-corrected chi connectivity index (χ3v) is 5.79. The molecule has 3 aromatic rings. The summed E-state index contributed by atoms with van der Waals surface area (Å²) in [4.78, 5) is 0. The van der Waals surface area contributed by atoms with Gasteiger partial charge in [-0.2, -0.15) is 5.26 Å². The minimum Gasteiger partial charge on any atom is -0.508 e. The molecule has 33 heavy (non-hydrogen) atoms. The van der Waals surface area contributed by atoms with Crippen molar-refractivity contribution in [2.24, 2.45) is 5.73 Å². The first-order chi connectivity index (χ1) is 15.9. The normalized spacial score (nSPS) is 14.8. The summed E-state index contributed by atoms with van der Waals surface area (Å²) in [7, 11) is 0. The average molecular weight is 483 g/mol. The van der Waals surface area contributed by atoms with Gasteiger partial charge in [-0.05, 0) is 42.8 Å². The number of halogens is 2. The molecule has 0 aliphatic carbocycles. The van der Waals surface area contributed by atoms with Crippen molar-refractivity contribution in [3.63, 3.8) is 0 Å². The van der Waals surface area contributed by atoms with E-state index in [0.717, 1.165) is 11.1 Å². The lowest BCUT2D eigenvalue weighted by Crippen LogP contribution is -2.21. The summed E-state index contributed by atoms with van der Waals surface area (Å²) in [6, 6.07) is 17.5. The molecule has 0 saturated heterocycles. The molecule has 1 aliphatic heterocycles. The molecule has 0 unspecified atom stereocenters. The number of phenolic OH excluding ortho intramolecular Hbond substituents is 1. The van der Waals surface area contributed by atoms with E-state index in [0.29, 0.717) is 39.5 Å². The van der Waals surface area contributed by atoms with Gasteiger partial charge in [-0.1, -0.05) is 41.4 Å². The Balaban J connectivity index is 1.70. The van der Waals surface area contributed by atoms with Crippen LogP contribution >= 0.6 is 23.2 Å². The van der Waals surface area contributed by atoms with Crippen molar-refractivity contribution < 1.29 is 19.3 Å². The number of nitrogens with zero attached hydrogens (tertiary/aromatic N) is 1. The van der Waals surface area contributed by atoms with Crippen LogP contribution in [0.1, 0.15) is 29.5 Å². The molecule has 0 aromatic heterocycles. The summed E-state index contributed by atoms with van der Waals surface area (Å²) in [5.74, 6) is 0.991. The second-order valence-electron chi connectivity index (χ2n) is 7.31. The van der Waals surface area contributed by atoms with Crippen LogP contribution in [0.2, 0.25) is 10.0 Å². The standard InChI is InChI=1S/C25H20Cl2N2O4/c1-2-31-23-9-14(4-8-21(23)32-13-15-3-5-16(26)10-20(15)27)24-18-7-6-17(30)11-22(18)33-25(29)19(24)12-28/h3-11,24,30H,2,13,29H2,1H3/t24-/m0/s1. The summed E-state index contributed by atoms with van der Waals surface area (Å²) in [6.07, 6.45) is 0. The highest BCUT2D eigenvalue weighted by Crippen LogP contribution is 2.45. The second-order valence-corrected chi connectivity index (χ2v) is 8.15. The van der Waals surface area contributed by atoms with Gasteiger partial charge in [0.05, 0.1) is 12.5 Å². The Kier molecular flexibility index (Phi) is 6.55. The highest BCUT2D eigenvalue weighted by atomic mass is 35.5. The van der Waals surface area contributed by atoms with Gasteiger partial charge in [0.1, 0.15) is 29.7 Å². The number of ether oxygens (including phenoxy) is 3. The lowest BCUT2D eigenvalue weighted by Gasteiger charge is -2.27. The maximum atomic E-state index is 9.84. The van der Waals surface area contributed by atoms with E-state index >= 15 is 0 Å². The van der Waals surface area contributed by atoms with Gasteiger partial charge in [0.2, 0.25) is 5.88 Å². The van der Waals surface area contributed by atoms with Gasteiger partial charge >= 0.3 is 0 Å². The molecule has 3 aromatic carbocycles. The quantitative estimate of drug-likeness (QED) is 0.454. The number of nitrogens with two attached hydrogens (primary N) is 1. The molecule has 0 bridgehead atoms. The van der Waals surface area contributed by atoms with Gasteiger partial charge < -0.3 is 25.1 Å². The Morgan fingerprint density at radius 1 is 1.06 bits per heavy atom.